The lowest BCUT2D eigenvalue weighted by atomic mass is 9.90. The summed E-state index contributed by atoms with van der Waals surface area (Å²) >= 11 is 0. The summed E-state index contributed by atoms with van der Waals surface area (Å²) in [6, 6.07) is 9.72. The van der Waals surface area contributed by atoms with E-state index in [0.717, 1.165) is 31.5 Å². The second-order valence-corrected chi connectivity index (χ2v) is 5.60. The average Bonchev–Trinajstić information content (AvgIpc) is 2.49. The van der Waals surface area contributed by atoms with E-state index in [1.807, 2.05) is 42.2 Å². The number of hydrogen-bond acceptors (Lipinski definition) is 3. The minimum atomic E-state index is -0.285. The lowest BCUT2D eigenvalue weighted by molar-refractivity contribution is -0.134. The van der Waals surface area contributed by atoms with Crippen LogP contribution >= 0.6 is 0 Å². The van der Waals surface area contributed by atoms with E-state index in [4.69, 9.17) is 5.73 Å². The van der Waals surface area contributed by atoms with Gasteiger partial charge in [0.25, 0.3) is 0 Å². The molecule has 0 saturated carbocycles. The van der Waals surface area contributed by atoms with Crippen molar-refractivity contribution < 1.29 is 9.90 Å². The second kappa shape index (κ2) is 6.86. The van der Waals surface area contributed by atoms with Crippen LogP contribution in [0.2, 0.25) is 0 Å². The topological polar surface area (TPSA) is 66.6 Å². The molecular formula is C16H24N2O2. The molecule has 0 spiro atoms. The monoisotopic (exact) mass is 276 g/mol. The van der Waals surface area contributed by atoms with Crippen molar-refractivity contribution in [1.29, 1.82) is 0 Å². The molecule has 0 bridgehead atoms. The molecule has 0 aliphatic carbocycles. The van der Waals surface area contributed by atoms with Gasteiger partial charge in [-0.1, -0.05) is 30.3 Å². The Morgan fingerprint density at radius 1 is 1.35 bits per heavy atom. The number of nitrogens with two attached hydrogens (primary N) is 1. The molecule has 110 valence electrons. The third-order valence-corrected chi connectivity index (χ3v) is 4.27. The zero-order valence-corrected chi connectivity index (χ0v) is 12.0. The normalized spacial score (nSPS) is 19.6. The smallest absolute Gasteiger partial charge is 0.231 e. The van der Waals surface area contributed by atoms with Crippen molar-refractivity contribution in [2.45, 2.75) is 31.8 Å². The molecule has 2 unspecified atom stereocenters. The van der Waals surface area contributed by atoms with Gasteiger partial charge in [0.15, 0.2) is 0 Å². The molecule has 1 aliphatic heterocycles. The van der Waals surface area contributed by atoms with Crippen LogP contribution in [0.25, 0.3) is 0 Å². The molecule has 1 saturated heterocycles. The van der Waals surface area contributed by atoms with Crippen LogP contribution in [0.4, 0.5) is 0 Å². The Bertz CT molecular complexity index is 425. The average molecular weight is 276 g/mol. The number of likely N-dealkylation sites (tertiary alicyclic amines) is 1. The Morgan fingerprint density at radius 3 is 2.45 bits per heavy atom. The SMILES string of the molecule is CC(O)C1CCN(C(=O)C(CN)c2ccccc2)CC1. The maximum atomic E-state index is 12.6. The molecule has 1 fully saturated rings. The van der Waals surface area contributed by atoms with Gasteiger partial charge < -0.3 is 15.7 Å². The number of piperidine rings is 1. The Balaban J connectivity index is 2.00. The van der Waals surface area contributed by atoms with Gasteiger partial charge in [0, 0.05) is 19.6 Å². The molecule has 1 amide bonds. The molecule has 4 nitrogen and oxygen atoms in total. The number of rotatable bonds is 4. The first kappa shape index (κ1) is 15.0. The molecule has 1 aliphatic rings. The van der Waals surface area contributed by atoms with Crippen molar-refractivity contribution in [1.82, 2.24) is 4.90 Å². The zero-order chi connectivity index (χ0) is 14.5. The third-order valence-electron chi connectivity index (χ3n) is 4.27. The number of aliphatic hydroxyl groups excluding tert-OH is 1. The molecule has 2 atom stereocenters. The fourth-order valence-electron chi connectivity index (χ4n) is 2.89. The van der Waals surface area contributed by atoms with Crippen LogP contribution in [0.3, 0.4) is 0 Å². The Kier molecular flexibility index (Phi) is 5.15. The number of carbonyl (C=O) groups excluding carboxylic acids is 1. The largest absolute Gasteiger partial charge is 0.393 e. The van der Waals surface area contributed by atoms with Gasteiger partial charge in [0.1, 0.15) is 0 Å². The number of carbonyl (C=O) groups is 1. The first-order chi connectivity index (χ1) is 9.63. The van der Waals surface area contributed by atoms with Crippen LogP contribution in [0, 0.1) is 5.92 Å². The fraction of sp³-hybridized carbons (Fsp3) is 0.562. The van der Waals surface area contributed by atoms with Crippen molar-refractivity contribution in [2.75, 3.05) is 19.6 Å². The third kappa shape index (κ3) is 3.38. The van der Waals surface area contributed by atoms with E-state index in [1.165, 1.54) is 0 Å². The maximum absolute atomic E-state index is 12.6. The van der Waals surface area contributed by atoms with Gasteiger partial charge >= 0.3 is 0 Å². The minimum Gasteiger partial charge on any atom is -0.393 e. The number of hydrogen-bond donors (Lipinski definition) is 2. The summed E-state index contributed by atoms with van der Waals surface area (Å²) in [5.41, 5.74) is 6.78. The molecule has 20 heavy (non-hydrogen) atoms. The maximum Gasteiger partial charge on any atom is 0.231 e. The second-order valence-electron chi connectivity index (χ2n) is 5.60. The highest BCUT2D eigenvalue weighted by atomic mass is 16.3. The van der Waals surface area contributed by atoms with Crippen LogP contribution in [-0.4, -0.2) is 41.7 Å². The number of amides is 1. The van der Waals surface area contributed by atoms with E-state index in [2.05, 4.69) is 0 Å². The highest BCUT2D eigenvalue weighted by Crippen LogP contribution is 2.24. The van der Waals surface area contributed by atoms with Gasteiger partial charge in [-0.3, -0.25) is 4.79 Å². The molecule has 0 radical (unpaired) electrons. The van der Waals surface area contributed by atoms with Crippen LogP contribution < -0.4 is 5.73 Å². The predicted octanol–water partition coefficient (Wildman–Crippen LogP) is 1.35. The highest BCUT2D eigenvalue weighted by Gasteiger charge is 2.29. The zero-order valence-electron chi connectivity index (χ0n) is 12.0. The summed E-state index contributed by atoms with van der Waals surface area (Å²) in [5.74, 6) is 0.175. The number of benzene rings is 1. The molecular weight excluding hydrogens is 252 g/mol. The van der Waals surface area contributed by atoms with Crippen molar-refractivity contribution in [3.63, 3.8) is 0 Å². The molecule has 1 aromatic rings. The van der Waals surface area contributed by atoms with Crippen molar-refractivity contribution >= 4 is 5.91 Å². The van der Waals surface area contributed by atoms with E-state index >= 15 is 0 Å². The van der Waals surface area contributed by atoms with Crippen LogP contribution in [-0.2, 0) is 4.79 Å². The Morgan fingerprint density at radius 2 is 1.95 bits per heavy atom. The van der Waals surface area contributed by atoms with Gasteiger partial charge in [0.05, 0.1) is 12.0 Å². The minimum absolute atomic E-state index is 0.114. The van der Waals surface area contributed by atoms with Gasteiger partial charge in [-0.05, 0) is 31.2 Å². The summed E-state index contributed by atoms with van der Waals surface area (Å²) in [6.45, 7) is 3.60. The summed E-state index contributed by atoms with van der Waals surface area (Å²) in [5, 5.41) is 9.61. The van der Waals surface area contributed by atoms with E-state index in [9.17, 15) is 9.90 Å². The van der Waals surface area contributed by atoms with Gasteiger partial charge in [0.2, 0.25) is 5.91 Å². The summed E-state index contributed by atoms with van der Waals surface area (Å²) < 4.78 is 0. The molecule has 3 N–H and O–H groups in total. The summed E-state index contributed by atoms with van der Waals surface area (Å²) in [7, 11) is 0. The summed E-state index contributed by atoms with van der Waals surface area (Å²) in [4.78, 5) is 14.5. The van der Waals surface area contributed by atoms with Crippen molar-refractivity contribution in [3.8, 4) is 0 Å². The lowest BCUT2D eigenvalue weighted by Gasteiger charge is -2.35. The first-order valence-electron chi connectivity index (χ1n) is 7.35. The molecule has 1 aromatic carbocycles. The van der Waals surface area contributed by atoms with Gasteiger partial charge in [-0.2, -0.15) is 0 Å². The standard InChI is InChI=1S/C16H24N2O2/c1-12(19)13-7-9-18(10-8-13)16(20)15(11-17)14-5-3-2-4-6-14/h2-6,12-13,15,19H,7-11,17H2,1H3. The van der Waals surface area contributed by atoms with E-state index in [0.29, 0.717) is 12.5 Å². The van der Waals surface area contributed by atoms with Crippen LogP contribution in [0.15, 0.2) is 30.3 Å². The molecule has 2 rings (SSSR count). The first-order valence-corrected chi connectivity index (χ1v) is 7.35. The number of aliphatic hydroxyl groups is 1. The van der Waals surface area contributed by atoms with E-state index in [-0.39, 0.29) is 17.9 Å². The van der Waals surface area contributed by atoms with Gasteiger partial charge in [-0.25, -0.2) is 0 Å². The van der Waals surface area contributed by atoms with Gasteiger partial charge in [-0.15, -0.1) is 0 Å². The van der Waals surface area contributed by atoms with E-state index < -0.39 is 0 Å². The fourth-order valence-corrected chi connectivity index (χ4v) is 2.89. The quantitative estimate of drug-likeness (QED) is 0.872. The Labute approximate surface area is 120 Å². The number of nitrogens with zero attached hydrogens (tertiary/aromatic N) is 1. The van der Waals surface area contributed by atoms with E-state index in [1.54, 1.807) is 0 Å². The van der Waals surface area contributed by atoms with Crippen LogP contribution in [0.5, 0.6) is 0 Å². The Hall–Kier alpha value is -1.39. The predicted molar refractivity (Wildman–Crippen MR) is 79.2 cm³/mol. The van der Waals surface area contributed by atoms with Crippen LogP contribution in [0.1, 0.15) is 31.2 Å². The molecule has 1 heterocycles. The lowest BCUT2D eigenvalue weighted by Crippen LogP contribution is -2.44. The molecule has 4 heteroatoms. The summed E-state index contributed by atoms with van der Waals surface area (Å²) in [6.07, 6.45) is 1.46. The van der Waals surface area contributed by atoms with Crippen molar-refractivity contribution in [3.05, 3.63) is 35.9 Å². The highest BCUT2D eigenvalue weighted by molar-refractivity contribution is 5.84. The molecule has 0 aromatic heterocycles. The van der Waals surface area contributed by atoms with Crippen molar-refractivity contribution in [2.24, 2.45) is 11.7 Å².